The lowest BCUT2D eigenvalue weighted by Crippen LogP contribution is -3.13. The smallest absolute Gasteiger partial charge is 0.283 e. The molecule has 0 saturated heterocycles. The van der Waals surface area contributed by atoms with Gasteiger partial charge in [-0.3, -0.25) is 14.5 Å². The van der Waals surface area contributed by atoms with Gasteiger partial charge in [-0.15, -0.1) is 0 Å². The van der Waals surface area contributed by atoms with Crippen molar-refractivity contribution in [3.8, 4) is 0 Å². The van der Waals surface area contributed by atoms with E-state index in [1.165, 1.54) is 12.1 Å². The van der Waals surface area contributed by atoms with Crippen LogP contribution in [0.2, 0.25) is 0 Å². The minimum absolute atomic E-state index is 0.0729. The predicted molar refractivity (Wildman–Crippen MR) is 106 cm³/mol. The lowest BCUT2D eigenvalue weighted by molar-refractivity contribution is -0.917. The van der Waals surface area contributed by atoms with E-state index >= 15 is 0 Å². The molecule has 5 nitrogen and oxygen atoms in total. The van der Waals surface area contributed by atoms with E-state index in [1.54, 1.807) is 30.9 Å². The Morgan fingerprint density at radius 2 is 1.86 bits per heavy atom. The number of benzene rings is 2. The number of carbonyl (C=O) groups is 2. The van der Waals surface area contributed by atoms with Crippen LogP contribution in [-0.4, -0.2) is 29.9 Å². The molecule has 1 unspecified atom stereocenters. The fourth-order valence-corrected chi connectivity index (χ4v) is 3.88. The summed E-state index contributed by atoms with van der Waals surface area (Å²) in [5, 5.41) is 2.89. The Labute approximate surface area is 164 Å². The third-order valence-electron chi connectivity index (χ3n) is 5.63. The Hall–Kier alpha value is -2.73. The summed E-state index contributed by atoms with van der Waals surface area (Å²) in [6.45, 7) is 4.51. The summed E-state index contributed by atoms with van der Waals surface area (Å²) >= 11 is 0. The fraction of sp³-hybridized carbons (Fsp3) is 0.364. The molecule has 0 aromatic heterocycles. The first-order chi connectivity index (χ1) is 13.4. The molecular formula is C22H25FN3O2+. The van der Waals surface area contributed by atoms with Gasteiger partial charge in [-0.05, 0) is 38.1 Å². The molecular weight excluding hydrogens is 357 g/mol. The van der Waals surface area contributed by atoms with Gasteiger partial charge < -0.3 is 10.2 Å². The number of hydrogen-bond acceptors (Lipinski definition) is 2. The van der Waals surface area contributed by atoms with Crippen LogP contribution in [0.4, 0.5) is 15.8 Å². The van der Waals surface area contributed by atoms with Crippen molar-refractivity contribution in [2.24, 2.45) is 0 Å². The molecule has 1 aliphatic carbocycles. The Bertz CT molecular complexity index is 906. The Morgan fingerprint density at radius 1 is 1.18 bits per heavy atom. The van der Waals surface area contributed by atoms with Crippen LogP contribution in [-0.2, 0) is 16.1 Å². The second-order valence-electron chi connectivity index (χ2n) is 8.17. The van der Waals surface area contributed by atoms with E-state index in [2.05, 4.69) is 5.32 Å². The van der Waals surface area contributed by atoms with Crippen molar-refractivity contribution in [2.45, 2.75) is 44.8 Å². The highest BCUT2D eigenvalue weighted by Gasteiger charge is 2.45. The van der Waals surface area contributed by atoms with Gasteiger partial charge in [0.2, 0.25) is 5.91 Å². The normalized spacial score (nSPS) is 19.0. The Kier molecular flexibility index (Phi) is 4.67. The number of para-hydroxylation sites is 2. The molecule has 1 atom stereocenters. The van der Waals surface area contributed by atoms with E-state index in [0.717, 1.165) is 29.0 Å². The second-order valence-corrected chi connectivity index (χ2v) is 8.17. The van der Waals surface area contributed by atoms with Crippen LogP contribution in [0.25, 0.3) is 0 Å². The number of quaternary nitrogens is 1. The number of nitrogens with zero attached hydrogens (tertiary/aromatic N) is 1. The zero-order valence-electron chi connectivity index (χ0n) is 16.2. The van der Waals surface area contributed by atoms with E-state index in [4.69, 9.17) is 0 Å². The van der Waals surface area contributed by atoms with Gasteiger partial charge in [-0.2, -0.15) is 0 Å². The molecule has 1 heterocycles. The quantitative estimate of drug-likeness (QED) is 0.833. The highest BCUT2D eigenvalue weighted by molar-refractivity contribution is 6.14. The number of halogens is 1. The van der Waals surface area contributed by atoms with Gasteiger partial charge in [0.1, 0.15) is 17.9 Å². The molecule has 0 radical (unpaired) electrons. The predicted octanol–water partition coefficient (Wildman–Crippen LogP) is 2.14. The van der Waals surface area contributed by atoms with Crippen molar-refractivity contribution in [3.63, 3.8) is 0 Å². The molecule has 0 bridgehead atoms. The van der Waals surface area contributed by atoms with Gasteiger partial charge in [0.25, 0.3) is 5.91 Å². The van der Waals surface area contributed by atoms with Crippen LogP contribution < -0.4 is 15.1 Å². The van der Waals surface area contributed by atoms with E-state index in [1.807, 2.05) is 24.3 Å². The van der Waals surface area contributed by atoms with Crippen molar-refractivity contribution >= 4 is 23.2 Å². The number of rotatable bonds is 5. The van der Waals surface area contributed by atoms with E-state index < -0.39 is 5.54 Å². The van der Waals surface area contributed by atoms with Gasteiger partial charge in [0.05, 0.1) is 17.4 Å². The van der Waals surface area contributed by atoms with Crippen molar-refractivity contribution in [1.82, 2.24) is 0 Å². The fourth-order valence-electron chi connectivity index (χ4n) is 3.88. The van der Waals surface area contributed by atoms with E-state index in [-0.39, 0.29) is 17.6 Å². The van der Waals surface area contributed by atoms with Crippen LogP contribution in [0.1, 0.15) is 32.3 Å². The van der Waals surface area contributed by atoms with Crippen LogP contribution in [0, 0.1) is 5.82 Å². The van der Waals surface area contributed by atoms with Gasteiger partial charge in [0, 0.05) is 18.4 Å². The third kappa shape index (κ3) is 3.52. The summed E-state index contributed by atoms with van der Waals surface area (Å²) in [7, 11) is 0. The monoisotopic (exact) mass is 382 g/mol. The number of carbonyl (C=O) groups excluding carboxylic acids is 2. The highest BCUT2D eigenvalue weighted by Crippen LogP contribution is 2.36. The Morgan fingerprint density at radius 3 is 2.54 bits per heavy atom. The molecule has 0 spiro atoms. The second kappa shape index (κ2) is 7.02. The van der Waals surface area contributed by atoms with Crippen molar-refractivity contribution in [3.05, 3.63) is 59.9 Å². The minimum atomic E-state index is -0.962. The van der Waals surface area contributed by atoms with Crippen LogP contribution >= 0.6 is 0 Å². The minimum Gasteiger partial charge on any atom is -0.322 e. The number of amides is 2. The molecule has 146 valence electrons. The molecule has 1 aliphatic heterocycles. The standard InChI is InChI=1S/C22H24FN3O2/c1-22(2)21(28)24-18-5-3-4-6-19(18)26(22)20(27)14-25(17-11-12-17)13-15-7-9-16(23)10-8-15/h3-10,17H,11-14H2,1-2H3,(H,24,28)/p+1. The Balaban J connectivity index is 1.58. The van der Waals surface area contributed by atoms with Crippen LogP contribution in [0.5, 0.6) is 0 Å². The molecule has 2 aliphatic rings. The molecule has 4 rings (SSSR count). The number of nitrogens with one attached hydrogen (secondary N) is 2. The molecule has 1 fully saturated rings. The van der Waals surface area contributed by atoms with Gasteiger partial charge in [-0.1, -0.05) is 24.3 Å². The molecule has 2 aromatic rings. The molecule has 28 heavy (non-hydrogen) atoms. The topological polar surface area (TPSA) is 53.9 Å². The molecule has 2 aromatic carbocycles. The molecule has 1 saturated carbocycles. The van der Waals surface area contributed by atoms with Gasteiger partial charge in [0.15, 0.2) is 6.54 Å². The highest BCUT2D eigenvalue weighted by atomic mass is 19.1. The summed E-state index contributed by atoms with van der Waals surface area (Å²) in [4.78, 5) is 28.8. The summed E-state index contributed by atoms with van der Waals surface area (Å²) in [5.74, 6) is -0.521. The maximum Gasteiger partial charge on any atom is 0.283 e. The first-order valence-corrected chi connectivity index (χ1v) is 9.69. The first-order valence-electron chi connectivity index (χ1n) is 9.69. The third-order valence-corrected chi connectivity index (χ3v) is 5.63. The van der Waals surface area contributed by atoms with E-state index in [9.17, 15) is 14.0 Å². The number of hydrogen-bond donors (Lipinski definition) is 2. The van der Waals surface area contributed by atoms with Gasteiger partial charge >= 0.3 is 0 Å². The summed E-state index contributed by atoms with van der Waals surface area (Å²) < 4.78 is 13.2. The average Bonchev–Trinajstić information content (AvgIpc) is 3.49. The largest absolute Gasteiger partial charge is 0.322 e. The molecule has 2 N–H and O–H groups in total. The SMILES string of the molecule is CC1(C)C(=O)Nc2ccccc2N1C(=O)C[NH+](Cc1ccc(F)cc1)C1CC1. The van der Waals surface area contributed by atoms with Crippen molar-refractivity contribution < 1.29 is 18.9 Å². The summed E-state index contributed by atoms with van der Waals surface area (Å²) in [6, 6.07) is 14.3. The summed E-state index contributed by atoms with van der Waals surface area (Å²) in [5.41, 5.74) is 1.43. The maximum absolute atomic E-state index is 13.4. The van der Waals surface area contributed by atoms with Crippen LogP contribution in [0.3, 0.4) is 0 Å². The maximum atomic E-state index is 13.4. The summed E-state index contributed by atoms with van der Waals surface area (Å²) in [6.07, 6.45) is 2.18. The lowest BCUT2D eigenvalue weighted by atomic mass is 9.96. The van der Waals surface area contributed by atoms with Crippen molar-refractivity contribution in [1.29, 1.82) is 0 Å². The van der Waals surface area contributed by atoms with Crippen molar-refractivity contribution in [2.75, 3.05) is 16.8 Å². The zero-order valence-corrected chi connectivity index (χ0v) is 16.2. The lowest BCUT2D eigenvalue weighted by Gasteiger charge is -2.42. The average molecular weight is 382 g/mol. The molecule has 6 heteroatoms. The number of anilines is 2. The van der Waals surface area contributed by atoms with Gasteiger partial charge in [-0.25, -0.2) is 4.39 Å². The van der Waals surface area contributed by atoms with E-state index in [0.29, 0.717) is 24.8 Å². The zero-order chi connectivity index (χ0) is 19.9. The number of fused-ring (bicyclic) bond motifs is 1. The first kappa shape index (κ1) is 18.6. The molecule has 2 amide bonds. The van der Waals surface area contributed by atoms with Crippen LogP contribution in [0.15, 0.2) is 48.5 Å².